The zero-order valence-corrected chi connectivity index (χ0v) is 12.7. The molecule has 0 bridgehead atoms. The monoisotopic (exact) mass is 355 g/mol. The molecule has 1 aliphatic carbocycles. The number of rotatable bonds is 4. The van der Waals surface area contributed by atoms with Crippen LogP contribution in [0.15, 0.2) is 34.8 Å². The van der Waals surface area contributed by atoms with Crippen LogP contribution in [-0.4, -0.2) is 6.04 Å². The molecule has 0 aliphatic heterocycles. The second kappa shape index (κ2) is 5.81. The third-order valence-electron chi connectivity index (χ3n) is 3.54. The molecule has 0 radical (unpaired) electrons. The molecule has 1 fully saturated rings. The molecule has 0 saturated heterocycles. The van der Waals surface area contributed by atoms with Gasteiger partial charge in [0.15, 0.2) is 0 Å². The number of hydrogen-bond acceptors (Lipinski definition) is 1. The molecule has 0 unspecified atom stereocenters. The first kappa shape index (κ1) is 14.6. The van der Waals surface area contributed by atoms with E-state index in [1.54, 1.807) is 0 Å². The largest absolute Gasteiger partial charge is 0.310 e. The molecule has 2 aromatic carbocycles. The van der Waals surface area contributed by atoms with Gasteiger partial charge in [-0.1, -0.05) is 6.07 Å². The second-order valence-electron chi connectivity index (χ2n) is 5.17. The van der Waals surface area contributed by atoms with Gasteiger partial charge in [-0.3, -0.25) is 0 Å². The van der Waals surface area contributed by atoms with E-state index in [-0.39, 0.29) is 10.0 Å². The summed E-state index contributed by atoms with van der Waals surface area (Å²) in [6.07, 6.45) is 2.18. The minimum Gasteiger partial charge on any atom is -0.310 e. The molecule has 21 heavy (non-hydrogen) atoms. The first-order valence-electron chi connectivity index (χ1n) is 6.72. The zero-order valence-electron chi connectivity index (χ0n) is 11.1. The molecule has 2 aromatic rings. The number of halogens is 4. The van der Waals surface area contributed by atoms with E-state index in [1.165, 1.54) is 30.3 Å². The Morgan fingerprint density at radius 1 is 1.10 bits per heavy atom. The molecule has 110 valence electrons. The van der Waals surface area contributed by atoms with E-state index in [0.717, 1.165) is 12.8 Å². The van der Waals surface area contributed by atoms with Crippen molar-refractivity contribution >= 4 is 15.9 Å². The van der Waals surface area contributed by atoms with E-state index in [9.17, 15) is 13.2 Å². The summed E-state index contributed by atoms with van der Waals surface area (Å²) in [6, 6.07) is 6.91. The Morgan fingerprint density at radius 3 is 2.57 bits per heavy atom. The highest BCUT2D eigenvalue weighted by Crippen LogP contribution is 2.33. The third kappa shape index (κ3) is 3.14. The number of hydrogen-bond donors (Lipinski definition) is 1. The first-order chi connectivity index (χ1) is 10.1. The van der Waals surface area contributed by atoms with Crippen LogP contribution in [0.3, 0.4) is 0 Å². The summed E-state index contributed by atoms with van der Waals surface area (Å²) in [5.41, 5.74) is 0.802. The normalized spacial score (nSPS) is 14.5. The Morgan fingerprint density at radius 2 is 1.86 bits per heavy atom. The van der Waals surface area contributed by atoms with E-state index in [4.69, 9.17) is 0 Å². The van der Waals surface area contributed by atoms with E-state index < -0.39 is 17.5 Å². The van der Waals surface area contributed by atoms with Crippen LogP contribution >= 0.6 is 15.9 Å². The Kier molecular flexibility index (Phi) is 4.04. The van der Waals surface area contributed by atoms with Gasteiger partial charge in [-0.2, -0.15) is 0 Å². The maximum absolute atomic E-state index is 14.2. The van der Waals surface area contributed by atoms with E-state index in [0.29, 0.717) is 23.7 Å². The predicted molar refractivity (Wildman–Crippen MR) is 79.3 cm³/mol. The van der Waals surface area contributed by atoms with Crippen LogP contribution in [0, 0.1) is 17.5 Å². The minimum atomic E-state index is -0.672. The quantitative estimate of drug-likeness (QED) is 0.777. The van der Waals surface area contributed by atoms with E-state index >= 15 is 0 Å². The van der Waals surface area contributed by atoms with Gasteiger partial charge < -0.3 is 5.32 Å². The summed E-state index contributed by atoms with van der Waals surface area (Å²) in [5.74, 6) is -1.74. The lowest BCUT2D eigenvalue weighted by molar-refractivity contribution is 0.583. The van der Waals surface area contributed by atoms with Crippen molar-refractivity contribution in [2.45, 2.75) is 25.4 Å². The second-order valence-corrected chi connectivity index (χ2v) is 6.03. The highest BCUT2D eigenvalue weighted by atomic mass is 79.9. The summed E-state index contributed by atoms with van der Waals surface area (Å²) in [6.45, 7) is 0.392. The maximum atomic E-state index is 14.2. The summed E-state index contributed by atoms with van der Waals surface area (Å²) in [4.78, 5) is 0. The molecule has 1 saturated carbocycles. The van der Waals surface area contributed by atoms with Gasteiger partial charge >= 0.3 is 0 Å². The predicted octanol–water partition coefficient (Wildman–Crippen LogP) is 4.79. The van der Waals surface area contributed by atoms with Crippen LogP contribution in [0.2, 0.25) is 0 Å². The van der Waals surface area contributed by atoms with Crippen molar-refractivity contribution in [1.82, 2.24) is 5.32 Å². The molecule has 1 nitrogen and oxygen atoms in total. The fourth-order valence-electron chi connectivity index (χ4n) is 2.27. The molecule has 1 aliphatic rings. The maximum Gasteiger partial charge on any atom is 0.148 e. The van der Waals surface area contributed by atoms with Crippen molar-refractivity contribution < 1.29 is 13.2 Å². The lowest BCUT2D eigenvalue weighted by Crippen LogP contribution is -2.16. The van der Waals surface area contributed by atoms with Crippen LogP contribution in [-0.2, 0) is 6.54 Å². The Bertz CT molecular complexity index is 683. The van der Waals surface area contributed by atoms with Crippen molar-refractivity contribution in [3.8, 4) is 11.1 Å². The smallest absolute Gasteiger partial charge is 0.148 e. The summed E-state index contributed by atoms with van der Waals surface area (Å²) in [7, 11) is 0. The van der Waals surface area contributed by atoms with E-state index in [1.807, 2.05) is 0 Å². The lowest BCUT2D eigenvalue weighted by Gasteiger charge is -2.13. The third-order valence-corrected chi connectivity index (χ3v) is 4.15. The topological polar surface area (TPSA) is 12.0 Å². The highest BCUT2D eigenvalue weighted by molar-refractivity contribution is 9.10. The average Bonchev–Trinajstić information content (AvgIpc) is 3.27. The lowest BCUT2D eigenvalue weighted by atomic mass is 9.98. The molecule has 0 spiro atoms. The van der Waals surface area contributed by atoms with Gasteiger partial charge in [-0.25, -0.2) is 13.2 Å². The van der Waals surface area contributed by atoms with Crippen molar-refractivity contribution in [3.63, 3.8) is 0 Å². The summed E-state index contributed by atoms with van der Waals surface area (Å²) in [5, 5.41) is 3.24. The van der Waals surface area contributed by atoms with Gasteiger partial charge in [0.05, 0.1) is 10.0 Å². The molecule has 0 heterocycles. The number of nitrogens with one attached hydrogen (secondary N) is 1. The van der Waals surface area contributed by atoms with Crippen molar-refractivity contribution in [1.29, 1.82) is 0 Å². The highest BCUT2D eigenvalue weighted by Gasteiger charge is 2.22. The summed E-state index contributed by atoms with van der Waals surface area (Å²) < 4.78 is 41.9. The van der Waals surface area contributed by atoms with Crippen LogP contribution in [0.4, 0.5) is 13.2 Å². The molecule has 0 atom stereocenters. The van der Waals surface area contributed by atoms with Gasteiger partial charge in [-0.15, -0.1) is 0 Å². The van der Waals surface area contributed by atoms with Crippen LogP contribution in [0.25, 0.3) is 11.1 Å². The molecular formula is C16H13BrF3N. The molecule has 0 aromatic heterocycles. The zero-order chi connectivity index (χ0) is 15.0. The van der Waals surface area contributed by atoms with E-state index in [2.05, 4.69) is 21.2 Å². The van der Waals surface area contributed by atoms with Gasteiger partial charge in [0.25, 0.3) is 0 Å². The van der Waals surface area contributed by atoms with Crippen LogP contribution < -0.4 is 5.32 Å². The minimum absolute atomic E-state index is 0.128. The van der Waals surface area contributed by atoms with Crippen molar-refractivity contribution in [2.75, 3.05) is 0 Å². The Hall–Kier alpha value is -1.33. The van der Waals surface area contributed by atoms with Gasteiger partial charge in [0.1, 0.15) is 17.5 Å². The van der Waals surface area contributed by atoms with Crippen LogP contribution in [0.5, 0.6) is 0 Å². The van der Waals surface area contributed by atoms with Gasteiger partial charge in [0, 0.05) is 12.6 Å². The van der Waals surface area contributed by atoms with Crippen LogP contribution in [0.1, 0.15) is 18.4 Å². The SMILES string of the molecule is Fc1ccc(-c2c(F)ccc(Br)c2F)c(CNC2CC2)c1. The molecule has 5 heteroatoms. The first-order valence-corrected chi connectivity index (χ1v) is 7.51. The van der Waals surface area contributed by atoms with Crippen molar-refractivity contribution in [2.24, 2.45) is 0 Å². The standard InChI is InChI=1S/C16H13BrF3N/c17-13-5-6-14(19)15(16(13)20)12-4-1-10(18)7-9(12)8-21-11-2-3-11/h1,4-7,11,21H,2-3,8H2. The summed E-state index contributed by atoms with van der Waals surface area (Å²) >= 11 is 3.06. The Labute approximate surface area is 129 Å². The van der Waals surface area contributed by atoms with Crippen molar-refractivity contribution in [3.05, 3.63) is 57.8 Å². The van der Waals surface area contributed by atoms with Gasteiger partial charge in [-0.05, 0) is 64.2 Å². The Balaban J connectivity index is 2.06. The molecular weight excluding hydrogens is 343 g/mol. The average molecular weight is 356 g/mol. The molecule has 1 N–H and O–H groups in total. The molecule has 0 amide bonds. The molecule has 3 rings (SSSR count). The van der Waals surface area contributed by atoms with Gasteiger partial charge in [0.2, 0.25) is 0 Å². The number of benzene rings is 2. The fourth-order valence-corrected chi connectivity index (χ4v) is 2.60. The fraction of sp³-hybridized carbons (Fsp3) is 0.250.